The summed E-state index contributed by atoms with van der Waals surface area (Å²) in [6.07, 6.45) is 6.32. The molecule has 0 unspecified atom stereocenters. The Morgan fingerprint density at radius 2 is 1.85 bits per heavy atom. The third-order valence-electron chi connectivity index (χ3n) is 5.99. The number of imidazole rings is 1. The van der Waals surface area contributed by atoms with E-state index in [1.54, 1.807) is 46.8 Å². The van der Waals surface area contributed by atoms with E-state index in [2.05, 4.69) is 36.9 Å². The molecule has 1 saturated carbocycles. The van der Waals surface area contributed by atoms with Crippen LogP contribution >= 0.6 is 0 Å². The lowest BCUT2D eigenvalue weighted by Gasteiger charge is -2.15. The van der Waals surface area contributed by atoms with Crippen molar-refractivity contribution in [1.29, 1.82) is 5.26 Å². The first-order valence-corrected chi connectivity index (χ1v) is 10.8. The highest BCUT2D eigenvalue weighted by atomic mass is 16.1. The van der Waals surface area contributed by atoms with E-state index in [1.165, 1.54) is 0 Å². The van der Waals surface area contributed by atoms with Crippen LogP contribution in [0.3, 0.4) is 0 Å². The first-order chi connectivity index (χ1) is 16.0. The molecule has 2 atom stereocenters. The van der Waals surface area contributed by atoms with Gasteiger partial charge < -0.3 is 10.6 Å². The molecule has 3 heterocycles. The first kappa shape index (κ1) is 20.6. The minimum Gasteiger partial charge on any atom is -0.367 e. The van der Waals surface area contributed by atoms with Gasteiger partial charge in [-0.15, -0.1) is 5.10 Å². The van der Waals surface area contributed by atoms with E-state index in [1.807, 2.05) is 19.1 Å². The minimum atomic E-state index is -0.180. The zero-order chi connectivity index (χ0) is 22.9. The van der Waals surface area contributed by atoms with Crippen molar-refractivity contribution in [2.75, 3.05) is 10.6 Å². The minimum absolute atomic E-state index is 0.180. The number of pyridine rings is 1. The number of nitrogens with one attached hydrogen (secondary N) is 2. The Bertz CT molecular complexity index is 1400. The fourth-order valence-electron chi connectivity index (χ4n) is 4.29. The fraction of sp³-hybridized carbons (Fsp3) is 0.304. The smallest absolute Gasteiger partial charge is 0.333 e. The molecule has 1 aliphatic carbocycles. The maximum absolute atomic E-state index is 12.8. The van der Waals surface area contributed by atoms with E-state index in [0.717, 1.165) is 36.3 Å². The van der Waals surface area contributed by atoms with Gasteiger partial charge in [-0.25, -0.2) is 14.8 Å². The number of rotatable bonds is 5. The van der Waals surface area contributed by atoms with Crippen molar-refractivity contribution in [2.24, 2.45) is 7.05 Å². The molecule has 5 rings (SSSR count). The van der Waals surface area contributed by atoms with E-state index < -0.39 is 0 Å². The number of aromatic nitrogens is 6. The predicted molar refractivity (Wildman–Crippen MR) is 124 cm³/mol. The second kappa shape index (κ2) is 8.35. The summed E-state index contributed by atoms with van der Waals surface area (Å²) in [6, 6.07) is 11.7. The highest BCUT2D eigenvalue weighted by molar-refractivity contribution is 5.79. The normalized spacial score (nSPS) is 17.7. The summed E-state index contributed by atoms with van der Waals surface area (Å²) in [5, 5.41) is 24.1. The fourth-order valence-corrected chi connectivity index (χ4v) is 4.29. The maximum Gasteiger partial charge on any atom is 0.333 e. The molecular weight excluding hydrogens is 418 g/mol. The van der Waals surface area contributed by atoms with Crippen molar-refractivity contribution in [3.05, 3.63) is 64.5 Å². The molecule has 0 spiro atoms. The van der Waals surface area contributed by atoms with Gasteiger partial charge in [-0.3, -0.25) is 9.13 Å². The molecule has 1 fully saturated rings. The summed E-state index contributed by atoms with van der Waals surface area (Å²) < 4.78 is 3.15. The monoisotopic (exact) mass is 441 g/mol. The van der Waals surface area contributed by atoms with Crippen LogP contribution in [-0.4, -0.2) is 41.4 Å². The van der Waals surface area contributed by atoms with Crippen LogP contribution in [0.2, 0.25) is 0 Å². The molecule has 33 heavy (non-hydrogen) atoms. The number of nitrogens with zero attached hydrogens (tertiary/aromatic N) is 7. The van der Waals surface area contributed by atoms with E-state index in [4.69, 9.17) is 5.26 Å². The summed E-state index contributed by atoms with van der Waals surface area (Å²) in [5.74, 6) is 1.31. The van der Waals surface area contributed by atoms with Gasteiger partial charge in [-0.2, -0.15) is 10.4 Å². The number of fused-ring (bicyclic) bond motifs is 1. The average Bonchev–Trinajstić information content (AvgIpc) is 3.37. The summed E-state index contributed by atoms with van der Waals surface area (Å²) in [6.45, 7) is 1.86. The van der Waals surface area contributed by atoms with E-state index >= 15 is 0 Å². The summed E-state index contributed by atoms with van der Waals surface area (Å²) in [7, 11) is 1.70. The van der Waals surface area contributed by atoms with Crippen LogP contribution in [0.1, 0.15) is 30.5 Å². The van der Waals surface area contributed by atoms with Gasteiger partial charge in [-0.05, 0) is 56.5 Å². The Labute approximate surface area is 189 Å². The molecule has 10 nitrogen and oxygen atoms in total. The number of hydrogen-bond donors (Lipinski definition) is 2. The van der Waals surface area contributed by atoms with Gasteiger partial charge in [0.25, 0.3) is 0 Å². The molecular formula is C23H23N9O. The van der Waals surface area contributed by atoms with E-state index in [-0.39, 0.29) is 17.8 Å². The Hall–Kier alpha value is -4.26. The van der Waals surface area contributed by atoms with Crippen LogP contribution in [0.5, 0.6) is 0 Å². The molecule has 0 amide bonds. The third kappa shape index (κ3) is 4.01. The Morgan fingerprint density at radius 1 is 1.03 bits per heavy atom. The van der Waals surface area contributed by atoms with Gasteiger partial charge in [0.2, 0.25) is 5.95 Å². The molecule has 166 valence electrons. The topological polar surface area (TPSA) is 126 Å². The molecule has 0 saturated heterocycles. The molecule has 4 aromatic rings. The van der Waals surface area contributed by atoms with Gasteiger partial charge in [-0.1, -0.05) is 0 Å². The van der Waals surface area contributed by atoms with Crippen molar-refractivity contribution in [1.82, 2.24) is 29.3 Å². The average molecular weight is 441 g/mol. The van der Waals surface area contributed by atoms with Crippen LogP contribution in [0.25, 0.3) is 16.7 Å². The lowest BCUT2D eigenvalue weighted by Crippen LogP contribution is -2.22. The van der Waals surface area contributed by atoms with Gasteiger partial charge in [0.15, 0.2) is 0 Å². The van der Waals surface area contributed by atoms with E-state index in [0.29, 0.717) is 22.7 Å². The van der Waals surface area contributed by atoms with Crippen LogP contribution in [-0.2, 0) is 7.05 Å². The molecule has 10 heteroatoms. The SMILES string of the molecule is Cc1cnc(N[C@H]2CC[C@H](Nc3ccc(-n4c(=O)n(C)c5cc(C#N)ccc54)cn3)C2)nn1. The van der Waals surface area contributed by atoms with Crippen LogP contribution in [0.4, 0.5) is 11.8 Å². The number of benzene rings is 1. The number of nitriles is 1. The molecule has 0 radical (unpaired) electrons. The highest BCUT2D eigenvalue weighted by Crippen LogP contribution is 2.25. The first-order valence-electron chi connectivity index (χ1n) is 10.8. The second-order valence-corrected chi connectivity index (χ2v) is 8.31. The quantitative estimate of drug-likeness (QED) is 0.484. The van der Waals surface area contributed by atoms with Crippen molar-refractivity contribution in [3.63, 3.8) is 0 Å². The maximum atomic E-state index is 12.8. The third-order valence-corrected chi connectivity index (χ3v) is 5.99. The van der Waals surface area contributed by atoms with Crippen molar-refractivity contribution >= 4 is 22.8 Å². The summed E-state index contributed by atoms with van der Waals surface area (Å²) in [5.41, 5.74) is 3.25. The molecule has 0 aliphatic heterocycles. The largest absolute Gasteiger partial charge is 0.367 e. The lowest BCUT2D eigenvalue weighted by molar-refractivity contribution is 0.712. The Morgan fingerprint density at radius 3 is 2.55 bits per heavy atom. The molecule has 1 aliphatic rings. The van der Waals surface area contributed by atoms with Crippen LogP contribution in [0, 0.1) is 18.3 Å². The van der Waals surface area contributed by atoms with Gasteiger partial charge in [0, 0.05) is 19.1 Å². The zero-order valence-electron chi connectivity index (χ0n) is 18.4. The van der Waals surface area contributed by atoms with E-state index in [9.17, 15) is 4.79 Å². The molecule has 2 N–H and O–H groups in total. The van der Waals surface area contributed by atoms with Crippen molar-refractivity contribution in [3.8, 4) is 11.8 Å². The Kier molecular flexibility index (Phi) is 5.22. The molecule has 0 bridgehead atoms. The standard InChI is InChI=1S/C23H23N9O/c1-14-12-26-22(30-29-14)28-17-5-4-16(10-17)27-21-8-6-18(13-25-21)32-19-7-3-15(11-24)9-20(19)31(2)23(32)33/h3,6-9,12-13,16-17H,4-5,10H2,1-2H3,(H,25,27)(H,26,28,30)/t16-,17-/m0/s1. The lowest BCUT2D eigenvalue weighted by atomic mass is 10.2. The number of aryl methyl sites for hydroxylation is 2. The van der Waals surface area contributed by atoms with Crippen molar-refractivity contribution in [2.45, 2.75) is 38.3 Å². The highest BCUT2D eigenvalue weighted by Gasteiger charge is 2.25. The number of hydrogen-bond acceptors (Lipinski definition) is 8. The van der Waals surface area contributed by atoms with Crippen molar-refractivity contribution < 1.29 is 0 Å². The second-order valence-electron chi connectivity index (χ2n) is 8.31. The summed E-state index contributed by atoms with van der Waals surface area (Å²) in [4.78, 5) is 21.6. The van der Waals surface area contributed by atoms with Gasteiger partial charge in [0.1, 0.15) is 5.82 Å². The number of anilines is 2. The van der Waals surface area contributed by atoms with Crippen LogP contribution < -0.4 is 16.3 Å². The van der Waals surface area contributed by atoms with Gasteiger partial charge in [0.05, 0.1) is 46.4 Å². The van der Waals surface area contributed by atoms with Crippen LogP contribution in [0.15, 0.2) is 47.5 Å². The molecule has 1 aromatic carbocycles. The zero-order valence-corrected chi connectivity index (χ0v) is 18.4. The summed E-state index contributed by atoms with van der Waals surface area (Å²) >= 11 is 0. The van der Waals surface area contributed by atoms with Gasteiger partial charge >= 0.3 is 5.69 Å². The Balaban J connectivity index is 1.29. The molecule has 3 aromatic heterocycles. The predicted octanol–water partition coefficient (Wildman–Crippen LogP) is 2.53.